The molecule has 0 aromatic heterocycles. The maximum absolute atomic E-state index is 12.7. The molecule has 0 radical (unpaired) electrons. The van der Waals surface area contributed by atoms with Crippen LogP contribution in [-0.4, -0.2) is 62.4 Å². The summed E-state index contributed by atoms with van der Waals surface area (Å²) in [4.78, 5) is 11.8. The molecule has 2 saturated heterocycles. The Labute approximate surface area is 119 Å². The van der Waals surface area contributed by atoms with Crippen molar-refractivity contribution >= 4 is 25.8 Å². The smallest absolute Gasteiger partial charge is 0.241 e. The number of hydrogen-bond donors (Lipinski definition) is 1. The Morgan fingerprint density at radius 2 is 1.80 bits per heavy atom. The van der Waals surface area contributed by atoms with E-state index < -0.39 is 30.6 Å². The molecule has 2 fully saturated rings. The van der Waals surface area contributed by atoms with Gasteiger partial charge in [0.05, 0.1) is 16.8 Å². The zero-order valence-electron chi connectivity index (χ0n) is 11.6. The van der Waals surface area contributed by atoms with Crippen molar-refractivity contribution in [3.05, 3.63) is 0 Å². The quantitative estimate of drug-likeness (QED) is 0.710. The first kappa shape index (κ1) is 15.7. The summed E-state index contributed by atoms with van der Waals surface area (Å²) in [5, 5.41) is 1.94. The molecule has 2 aliphatic rings. The van der Waals surface area contributed by atoms with Gasteiger partial charge in [-0.05, 0) is 26.7 Å². The summed E-state index contributed by atoms with van der Waals surface area (Å²) in [6, 6.07) is 0. The van der Waals surface area contributed by atoms with Crippen LogP contribution >= 0.6 is 0 Å². The summed E-state index contributed by atoms with van der Waals surface area (Å²) in [5.74, 6) is -0.523. The van der Waals surface area contributed by atoms with Crippen LogP contribution in [-0.2, 0) is 24.7 Å². The standard InChI is InChI=1S/C11H20N2O5S2/c1-11(2)10(14)12-5-6-13(11)20(17,18)9-3-7-19(15,16)8-4-9/h9H,3-8H2,1-2H3,(H,12,14). The van der Waals surface area contributed by atoms with E-state index in [0.717, 1.165) is 0 Å². The molecule has 0 aliphatic carbocycles. The number of nitrogens with one attached hydrogen (secondary N) is 1. The van der Waals surface area contributed by atoms with Crippen molar-refractivity contribution in [2.24, 2.45) is 0 Å². The van der Waals surface area contributed by atoms with Crippen molar-refractivity contribution in [3.63, 3.8) is 0 Å². The van der Waals surface area contributed by atoms with Crippen LogP contribution in [0.5, 0.6) is 0 Å². The monoisotopic (exact) mass is 324 g/mol. The fourth-order valence-electron chi connectivity index (χ4n) is 2.67. The second-order valence-corrected chi connectivity index (χ2v) is 10.2. The van der Waals surface area contributed by atoms with Gasteiger partial charge in [0.15, 0.2) is 0 Å². The molecule has 0 aromatic rings. The van der Waals surface area contributed by atoms with E-state index in [-0.39, 0.29) is 43.3 Å². The van der Waals surface area contributed by atoms with E-state index in [4.69, 9.17) is 0 Å². The number of piperazine rings is 1. The van der Waals surface area contributed by atoms with Gasteiger partial charge in [-0.15, -0.1) is 0 Å². The van der Waals surface area contributed by atoms with Crippen LogP contribution in [0.1, 0.15) is 26.7 Å². The van der Waals surface area contributed by atoms with E-state index in [0.29, 0.717) is 0 Å². The lowest BCUT2D eigenvalue weighted by molar-refractivity contribution is -0.131. The maximum Gasteiger partial charge on any atom is 0.241 e. The summed E-state index contributed by atoms with van der Waals surface area (Å²) in [7, 11) is -6.78. The van der Waals surface area contributed by atoms with Gasteiger partial charge in [0.2, 0.25) is 15.9 Å². The summed E-state index contributed by atoms with van der Waals surface area (Å²) < 4.78 is 49.4. The van der Waals surface area contributed by atoms with Crippen LogP contribution in [0.25, 0.3) is 0 Å². The molecule has 9 heteroatoms. The number of rotatable bonds is 2. The first-order chi connectivity index (χ1) is 9.07. The molecule has 0 bridgehead atoms. The van der Waals surface area contributed by atoms with E-state index in [1.54, 1.807) is 13.8 Å². The van der Waals surface area contributed by atoms with Crippen molar-refractivity contribution in [1.29, 1.82) is 0 Å². The number of nitrogens with zero attached hydrogens (tertiary/aromatic N) is 1. The molecule has 0 aromatic carbocycles. The highest BCUT2D eigenvalue weighted by atomic mass is 32.2. The van der Waals surface area contributed by atoms with Crippen molar-refractivity contribution in [2.45, 2.75) is 37.5 Å². The van der Waals surface area contributed by atoms with Crippen LogP contribution in [0.15, 0.2) is 0 Å². The SMILES string of the molecule is CC1(C)C(=O)NCCN1S(=O)(=O)C1CCS(=O)(=O)CC1. The minimum Gasteiger partial charge on any atom is -0.353 e. The Bertz CT molecular complexity index is 595. The fraction of sp³-hybridized carbons (Fsp3) is 0.909. The summed E-state index contributed by atoms with van der Waals surface area (Å²) in [5.41, 5.74) is -1.13. The molecule has 0 spiro atoms. The van der Waals surface area contributed by atoms with Crippen LogP contribution < -0.4 is 5.32 Å². The van der Waals surface area contributed by atoms with Gasteiger partial charge in [0.25, 0.3) is 0 Å². The summed E-state index contributed by atoms with van der Waals surface area (Å²) in [6.07, 6.45) is 0.220. The maximum atomic E-state index is 12.7. The highest BCUT2D eigenvalue weighted by Gasteiger charge is 2.47. The molecule has 1 amide bonds. The number of sulfonamides is 1. The zero-order valence-corrected chi connectivity index (χ0v) is 13.3. The van der Waals surface area contributed by atoms with Gasteiger partial charge in [0.1, 0.15) is 15.4 Å². The Morgan fingerprint density at radius 3 is 2.35 bits per heavy atom. The van der Waals surface area contributed by atoms with E-state index >= 15 is 0 Å². The van der Waals surface area contributed by atoms with E-state index in [1.807, 2.05) is 0 Å². The Kier molecular flexibility index (Phi) is 3.89. The highest BCUT2D eigenvalue weighted by molar-refractivity contribution is 7.92. The zero-order chi connectivity index (χ0) is 15.2. The lowest BCUT2D eigenvalue weighted by atomic mass is 10.0. The number of amides is 1. The number of carbonyl (C=O) groups excluding carboxylic acids is 1. The van der Waals surface area contributed by atoms with Gasteiger partial charge in [-0.3, -0.25) is 4.79 Å². The second kappa shape index (κ2) is 4.96. The fourth-order valence-corrected chi connectivity index (χ4v) is 6.72. The van der Waals surface area contributed by atoms with Gasteiger partial charge in [-0.2, -0.15) is 4.31 Å². The van der Waals surface area contributed by atoms with Gasteiger partial charge in [0, 0.05) is 13.1 Å². The van der Waals surface area contributed by atoms with Crippen LogP contribution in [0.2, 0.25) is 0 Å². The van der Waals surface area contributed by atoms with E-state index in [1.165, 1.54) is 4.31 Å². The average Bonchev–Trinajstić information content (AvgIpc) is 2.31. The Morgan fingerprint density at radius 1 is 1.25 bits per heavy atom. The molecule has 116 valence electrons. The van der Waals surface area contributed by atoms with Crippen molar-refractivity contribution in [1.82, 2.24) is 9.62 Å². The largest absolute Gasteiger partial charge is 0.353 e. The van der Waals surface area contributed by atoms with Gasteiger partial charge >= 0.3 is 0 Å². The third-order valence-electron chi connectivity index (χ3n) is 4.01. The van der Waals surface area contributed by atoms with Gasteiger partial charge in [-0.25, -0.2) is 16.8 Å². The second-order valence-electron chi connectivity index (χ2n) is 5.78. The molecule has 2 heterocycles. The molecular formula is C11H20N2O5S2. The first-order valence-corrected chi connectivity index (χ1v) is 9.90. The lowest BCUT2D eigenvalue weighted by Gasteiger charge is -2.42. The molecule has 1 N–H and O–H groups in total. The molecule has 7 nitrogen and oxygen atoms in total. The van der Waals surface area contributed by atoms with Crippen LogP contribution in [0, 0.1) is 0 Å². The number of sulfone groups is 1. The minimum atomic E-state index is -3.67. The topological polar surface area (TPSA) is 101 Å². The van der Waals surface area contributed by atoms with Crippen molar-refractivity contribution in [2.75, 3.05) is 24.6 Å². The van der Waals surface area contributed by atoms with E-state index in [9.17, 15) is 21.6 Å². The molecule has 2 aliphatic heterocycles. The lowest BCUT2D eigenvalue weighted by Crippen LogP contribution is -2.64. The highest BCUT2D eigenvalue weighted by Crippen LogP contribution is 2.29. The van der Waals surface area contributed by atoms with Crippen LogP contribution in [0.3, 0.4) is 0 Å². The Balaban J connectivity index is 2.24. The third kappa shape index (κ3) is 2.71. The molecule has 0 unspecified atom stereocenters. The van der Waals surface area contributed by atoms with Gasteiger partial charge in [-0.1, -0.05) is 0 Å². The predicted octanol–water partition coefficient (Wildman–Crippen LogP) is -0.896. The van der Waals surface area contributed by atoms with Gasteiger partial charge < -0.3 is 5.32 Å². The average molecular weight is 324 g/mol. The molecule has 0 atom stereocenters. The normalized spacial score (nSPS) is 28.0. The molecular weight excluding hydrogens is 304 g/mol. The number of carbonyl (C=O) groups is 1. The number of hydrogen-bond acceptors (Lipinski definition) is 5. The van der Waals surface area contributed by atoms with Crippen molar-refractivity contribution < 1.29 is 21.6 Å². The first-order valence-electron chi connectivity index (χ1n) is 6.58. The predicted molar refractivity (Wildman–Crippen MR) is 74.4 cm³/mol. The summed E-state index contributed by atoms with van der Waals surface area (Å²) >= 11 is 0. The minimum absolute atomic E-state index is 0.0998. The van der Waals surface area contributed by atoms with E-state index in [2.05, 4.69) is 5.32 Å². The molecule has 2 rings (SSSR count). The Hall–Kier alpha value is -0.670. The van der Waals surface area contributed by atoms with Crippen LogP contribution in [0.4, 0.5) is 0 Å². The molecule has 0 saturated carbocycles. The van der Waals surface area contributed by atoms with Crippen molar-refractivity contribution in [3.8, 4) is 0 Å². The summed E-state index contributed by atoms with van der Waals surface area (Å²) in [6.45, 7) is 3.65. The molecule has 20 heavy (non-hydrogen) atoms. The third-order valence-corrected chi connectivity index (χ3v) is 8.29.